The molecule has 3 nitrogen and oxygen atoms in total. The zero-order chi connectivity index (χ0) is 14.8. The van der Waals surface area contributed by atoms with Crippen LogP contribution in [0.5, 0.6) is 0 Å². The lowest BCUT2D eigenvalue weighted by molar-refractivity contribution is 0.146. The molecule has 3 heteroatoms. The average molecular weight is 287 g/mol. The highest BCUT2D eigenvalue weighted by atomic mass is 15.3. The van der Waals surface area contributed by atoms with Gasteiger partial charge in [-0.3, -0.25) is 4.90 Å². The minimum atomic E-state index is 0.353. The first-order valence-electron chi connectivity index (χ1n) is 8.36. The number of nitrogens with two attached hydrogens (primary N) is 1. The molecular weight excluding hydrogens is 258 g/mol. The summed E-state index contributed by atoms with van der Waals surface area (Å²) >= 11 is 0. The lowest BCUT2D eigenvalue weighted by Crippen LogP contribution is -2.50. The standard InChI is InChI=1S/C18H29N3/c1-20(2)16-10-11-21(13-16)18-12-15(8-9-17(18)19)14-6-4-3-5-7-14/h3-7,15-18H,8-13,19H2,1-2H3. The fraction of sp³-hybridized carbons (Fsp3) is 0.667. The first-order valence-corrected chi connectivity index (χ1v) is 8.36. The lowest BCUT2D eigenvalue weighted by atomic mass is 9.78. The maximum Gasteiger partial charge on any atom is 0.0253 e. The maximum atomic E-state index is 6.47. The van der Waals surface area contributed by atoms with Gasteiger partial charge in [-0.1, -0.05) is 30.3 Å². The quantitative estimate of drug-likeness (QED) is 0.926. The predicted molar refractivity (Wildman–Crippen MR) is 88.5 cm³/mol. The van der Waals surface area contributed by atoms with Crippen LogP contribution >= 0.6 is 0 Å². The van der Waals surface area contributed by atoms with Crippen LogP contribution in [0.15, 0.2) is 30.3 Å². The van der Waals surface area contributed by atoms with Crippen LogP contribution in [0.2, 0.25) is 0 Å². The highest BCUT2D eigenvalue weighted by molar-refractivity contribution is 5.21. The Balaban J connectivity index is 1.67. The summed E-state index contributed by atoms with van der Waals surface area (Å²) in [5.74, 6) is 0.689. The topological polar surface area (TPSA) is 32.5 Å². The fourth-order valence-electron chi connectivity index (χ4n) is 4.11. The molecule has 1 aliphatic heterocycles. The van der Waals surface area contributed by atoms with Gasteiger partial charge in [0.25, 0.3) is 0 Å². The summed E-state index contributed by atoms with van der Waals surface area (Å²) in [6.45, 7) is 2.40. The third-order valence-corrected chi connectivity index (χ3v) is 5.53. The molecule has 0 bridgehead atoms. The molecule has 1 aromatic carbocycles. The minimum Gasteiger partial charge on any atom is -0.326 e. The van der Waals surface area contributed by atoms with Crippen LogP contribution < -0.4 is 5.73 Å². The molecule has 1 aliphatic carbocycles. The summed E-state index contributed by atoms with van der Waals surface area (Å²) in [7, 11) is 4.39. The number of nitrogens with zero attached hydrogens (tertiary/aromatic N) is 2. The van der Waals surface area contributed by atoms with Crippen molar-refractivity contribution < 1.29 is 0 Å². The molecule has 1 heterocycles. The Bertz CT molecular complexity index is 445. The molecule has 1 saturated carbocycles. The molecule has 1 saturated heterocycles. The molecule has 4 atom stereocenters. The molecule has 21 heavy (non-hydrogen) atoms. The number of likely N-dealkylation sites (N-methyl/N-ethyl adjacent to an activating group) is 1. The molecular formula is C18H29N3. The van der Waals surface area contributed by atoms with Gasteiger partial charge in [-0.15, -0.1) is 0 Å². The zero-order valence-electron chi connectivity index (χ0n) is 13.4. The molecule has 0 amide bonds. The van der Waals surface area contributed by atoms with E-state index in [4.69, 9.17) is 5.73 Å². The van der Waals surface area contributed by atoms with Crippen LogP contribution in [0.1, 0.15) is 37.2 Å². The molecule has 0 aromatic heterocycles. The normalized spacial score (nSPS) is 34.5. The highest BCUT2D eigenvalue weighted by Crippen LogP contribution is 2.35. The van der Waals surface area contributed by atoms with Crippen LogP contribution in [0.25, 0.3) is 0 Å². The van der Waals surface area contributed by atoms with Crippen LogP contribution in [0.3, 0.4) is 0 Å². The highest BCUT2D eigenvalue weighted by Gasteiger charge is 2.36. The van der Waals surface area contributed by atoms with E-state index in [2.05, 4.69) is 54.2 Å². The molecule has 1 aromatic rings. The van der Waals surface area contributed by atoms with E-state index < -0.39 is 0 Å². The van der Waals surface area contributed by atoms with E-state index in [-0.39, 0.29) is 0 Å². The van der Waals surface area contributed by atoms with Gasteiger partial charge < -0.3 is 10.6 Å². The van der Waals surface area contributed by atoms with E-state index in [1.54, 1.807) is 0 Å². The monoisotopic (exact) mass is 287 g/mol. The van der Waals surface area contributed by atoms with Crippen LogP contribution in [-0.2, 0) is 0 Å². The van der Waals surface area contributed by atoms with Crippen molar-refractivity contribution in [3.8, 4) is 0 Å². The van der Waals surface area contributed by atoms with Gasteiger partial charge in [0.15, 0.2) is 0 Å². The Kier molecular flexibility index (Phi) is 4.63. The second-order valence-corrected chi connectivity index (χ2v) is 7.05. The van der Waals surface area contributed by atoms with Gasteiger partial charge in [0.05, 0.1) is 0 Å². The Hall–Kier alpha value is -0.900. The number of benzene rings is 1. The molecule has 116 valence electrons. The van der Waals surface area contributed by atoms with E-state index in [0.717, 1.165) is 6.42 Å². The summed E-state index contributed by atoms with van der Waals surface area (Å²) < 4.78 is 0. The smallest absolute Gasteiger partial charge is 0.0253 e. The van der Waals surface area contributed by atoms with Crippen molar-refractivity contribution in [2.24, 2.45) is 5.73 Å². The summed E-state index contributed by atoms with van der Waals surface area (Å²) in [5.41, 5.74) is 7.96. The maximum absolute atomic E-state index is 6.47. The van der Waals surface area contributed by atoms with Gasteiger partial charge in [-0.2, -0.15) is 0 Å². The molecule has 4 unspecified atom stereocenters. The summed E-state index contributed by atoms with van der Waals surface area (Å²) in [6.07, 6.45) is 4.91. The van der Waals surface area contributed by atoms with Gasteiger partial charge in [0, 0.05) is 31.2 Å². The van der Waals surface area contributed by atoms with Crippen molar-refractivity contribution in [2.45, 2.75) is 49.7 Å². The van der Waals surface area contributed by atoms with E-state index in [1.165, 1.54) is 37.9 Å². The van der Waals surface area contributed by atoms with Gasteiger partial charge in [0.1, 0.15) is 0 Å². The largest absolute Gasteiger partial charge is 0.326 e. The Morgan fingerprint density at radius 3 is 2.52 bits per heavy atom. The molecule has 0 radical (unpaired) electrons. The third kappa shape index (κ3) is 3.31. The summed E-state index contributed by atoms with van der Waals surface area (Å²) in [4.78, 5) is 5.02. The van der Waals surface area contributed by atoms with Gasteiger partial charge in [0.2, 0.25) is 0 Å². The molecule has 0 spiro atoms. The van der Waals surface area contributed by atoms with Gasteiger partial charge >= 0.3 is 0 Å². The fourth-order valence-corrected chi connectivity index (χ4v) is 4.11. The minimum absolute atomic E-state index is 0.353. The van der Waals surface area contributed by atoms with E-state index in [9.17, 15) is 0 Å². The number of hydrogen-bond donors (Lipinski definition) is 1. The van der Waals surface area contributed by atoms with Crippen LogP contribution in [0.4, 0.5) is 0 Å². The number of rotatable bonds is 3. The zero-order valence-corrected chi connectivity index (χ0v) is 13.4. The van der Waals surface area contributed by atoms with Gasteiger partial charge in [-0.25, -0.2) is 0 Å². The molecule has 2 fully saturated rings. The van der Waals surface area contributed by atoms with Crippen molar-refractivity contribution in [3.63, 3.8) is 0 Å². The average Bonchev–Trinajstić information content (AvgIpc) is 2.98. The first kappa shape index (κ1) is 15.0. The molecule has 2 aliphatic rings. The first-order chi connectivity index (χ1) is 10.1. The molecule has 3 rings (SSSR count). The molecule has 2 N–H and O–H groups in total. The van der Waals surface area contributed by atoms with Gasteiger partial charge in [-0.05, 0) is 51.3 Å². The van der Waals surface area contributed by atoms with Crippen LogP contribution in [0, 0.1) is 0 Å². The third-order valence-electron chi connectivity index (χ3n) is 5.53. The van der Waals surface area contributed by atoms with E-state index >= 15 is 0 Å². The predicted octanol–water partition coefficient (Wildman–Crippen LogP) is 2.29. The van der Waals surface area contributed by atoms with Crippen molar-refractivity contribution >= 4 is 0 Å². The van der Waals surface area contributed by atoms with E-state index in [0.29, 0.717) is 24.0 Å². The van der Waals surface area contributed by atoms with Crippen LogP contribution in [-0.4, -0.2) is 55.1 Å². The Morgan fingerprint density at radius 1 is 1.10 bits per heavy atom. The van der Waals surface area contributed by atoms with Crippen molar-refractivity contribution in [1.29, 1.82) is 0 Å². The summed E-state index contributed by atoms with van der Waals surface area (Å²) in [6, 6.07) is 12.6. The SMILES string of the molecule is CN(C)C1CCN(C2CC(c3ccccc3)CCC2N)C1. The second kappa shape index (κ2) is 6.47. The Morgan fingerprint density at radius 2 is 1.86 bits per heavy atom. The van der Waals surface area contributed by atoms with Crippen molar-refractivity contribution in [2.75, 3.05) is 27.2 Å². The second-order valence-electron chi connectivity index (χ2n) is 7.05. The Labute approximate surface area is 129 Å². The van der Waals surface area contributed by atoms with Crippen molar-refractivity contribution in [1.82, 2.24) is 9.80 Å². The number of hydrogen-bond acceptors (Lipinski definition) is 3. The summed E-state index contributed by atoms with van der Waals surface area (Å²) in [5, 5.41) is 0. The van der Waals surface area contributed by atoms with Crippen molar-refractivity contribution in [3.05, 3.63) is 35.9 Å². The van der Waals surface area contributed by atoms with E-state index in [1.807, 2.05) is 0 Å². The number of likely N-dealkylation sites (tertiary alicyclic amines) is 1. The lowest BCUT2D eigenvalue weighted by Gasteiger charge is -2.40.